The van der Waals surface area contributed by atoms with Crippen LogP contribution < -0.4 is 0 Å². The summed E-state index contributed by atoms with van der Waals surface area (Å²) in [5.41, 5.74) is 0. The van der Waals surface area contributed by atoms with Crippen LogP contribution in [0.25, 0.3) is 0 Å². The van der Waals surface area contributed by atoms with Crippen LogP contribution >= 0.6 is 0 Å². The molecule has 0 heterocycles. The van der Waals surface area contributed by atoms with Crippen molar-refractivity contribution in [1.82, 2.24) is 0 Å². The Morgan fingerprint density at radius 3 is 1.25 bits per heavy atom. The summed E-state index contributed by atoms with van der Waals surface area (Å²) in [5, 5.41) is 0. The molecule has 0 N–H and O–H groups in total. The first kappa shape index (κ1) is 37.9. The van der Waals surface area contributed by atoms with Crippen LogP contribution in [-0.4, -0.2) is 31.5 Å². The van der Waals surface area contributed by atoms with Crippen molar-refractivity contribution in [2.45, 2.75) is 0 Å². The Morgan fingerprint density at radius 1 is 1.25 bits per heavy atom. The Bertz CT molecular complexity index is 13.5. The largest absolute Gasteiger partial charge is 2.00 e. The molecule has 0 aliphatic carbocycles. The fraction of sp³-hybridized carbons (Fsp3) is 0. The van der Waals surface area contributed by atoms with E-state index in [0.29, 0.717) is 0 Å². The van der Waals surface area contributed by atoms with Gasteiger partial charge in [-0.25, -0.2) is 0 Å². The number of hydrogen-bond donors (Lipinski definition) is 0. The van der Waals surface area contributed by atoms with Crippen LogP contribution in [0.1, 0.15) is 2.85 Å². The molecule has 4 heteroatoms. The van der Waals surface area contributed by atoms with Gasteiger partial charge in [-0.1, -0.05) is 0 Å². The Balaban J connectivity index is 0. The summed E-state index contributed by atoms with van der Waals surface area (Å²) in [4.78, 5) is 0. The summed E-state index contributed by atoms with van der Waals surface area (Å²) >= 11 is 0. The molecule has 0 amide bonds. The monoisotopic (exact) mass is 157 g/mol. The van der Waals surface area contributed by atoms with Gasteiger partial charge in [0.25, 0.3) is 0 Å². The zero-order valence-electron chi connectivity index (χ0n) is 4.35. The average molecular weight is 158 g/mol. The van der Waals surface area contributed by atoms with Gasteiger partial charge in [0.05, 0.1) is 0 Å². The molecule has 0 aromatic carbocycles. The van der Waals surface area contributed by atoms with Gasteiger partial charge < -0.3 is 2.85 Å². The van der Waals surface area contributed by atoms with Crippen LogP contribution in [-0.2, 0) is 36.5 Å². The Labute approximate surface area is 70.4 Å². The third kappa shape index (κ3) is 9.02. The van der Waals surface area contributed by atoms with Crippen molar-refractivity contribution in [3.05, 3.63) is 0 Å². The maximum absolute atomic E-state index is 0. The molecule has 3 radical (unpaired) electrons. The average Bonchev–Trinajstić information content (AvgIpc) is 0. The van der Waals surface area contributed by atoms with Crippen molar-refractivity contribution in [3.8, 4) is 0 Å². The van der Waals surface area contributed by atoms with Crippen LogP contribution in [0.4, 0.5) is 0 Å². The molecule has 0 rings (SSSR count). The zero-order chi connectivity index (χ0) is 0. The minimum atomic E-state index is 0. The SMILES string of the molecule is [B].[Fe].[H-].[H-].[Mg+2].[Zn]. The van der Waals surface area contributed by atoms with E-state index in [4.69, 9.17) is 0 Å². The van der Waals surface area contributed by atoms with Crippen LogP contribution in [0.3, 0.4) is 0 Å². The summed E-state index contributed by atoms with van der Waals surface area (Å²) < 4.78 is 0. The summed E-state index contributed by atoms with van der Waals surface area (Å²) in [6.45, 7) is 0. The van der Waals surface area contributed by atoms with Gasteiger partial charge in [0, 0.05) is 45.0 Å². The molecule has 4 heavy (non-hydrogen) atoms. The molecule has 17 valence electrons. The van der Waals surface area contributed by atoms with E-state index in [1.165, 1.54) is 0 Å². The summed E-state index contributed by atoms with van der Waals surface area (Å²) in [6.07, 6.45) is 0. The van der Waals surface area contributed by atoms with E-state index >= 15 is 0 Å². The van der Waals surface area contributed by atoms with E-state index in [-0.39, 0.29) is 70.9 Å². The maximum atomic E-state index is 0. The standard InChI is InChI=1S/B.Fe.Mg.Zn.2H/q;;+2;;2*-1. The quantitative estimate of drug-likeness (QED) is 0.415. The van der Waals surface area contributed by atoms with E-state index in [1.54, 1.807) is 0 Å². The first-order valence-corrected chi connectivity index (χ1v) is 0. The molecule has 0 unspecified atom stereocenters. The Kier molecular flexibility index (Phi) is 191. The smallest absolute Gasteiger partial charge is 1.00 e. The molecule has 0 nitrogen and oxygen atoms in total. The molecular formula is H2BFeMgZn. The van der Waals surface area contributed by atoms with Crippen molar-refractivity contribution in [2.75, 3.05) is 0 Å². The third-order valence-electron chi connectivity index (χ3n) is 0. The minimum Gasteiger partial charge on any atom is -1.00 e. The Morgan fingerprint density at radius 2 is 1.25 bits per heavy atom. The maximum Gasteiger partial charge on any atom is 2.00 e. The Hall–Kier alpha value is 1.97. The molecule has 0 aliphatic heterocycles. The van der Waals surface area contributed by atoms with Crippen LogP contribution in [0, 0.1) is 0 Å². The molecule has 0 saturated carbocycles. The van der Waals surface area contributed by atoms with Gasteiger partial charge >= 0.3 is 23.1 Å². The van der Waals surface area contributed by atoms with E-state index in [2.05, 4.69) is 0 Å². The summed E-state index contributed by atoms with van der Waals surface area (Å²) in [5.74, 6) is 0. The van der Waals surface area contributed by atoms with Crippen molar-refractivity contribution >= 4 is 31.5 Å². The van der Waals surface area contributed by atoms with E-state index in [0.717, 1.165) is 0 Å². The molecule has 0 atom stereocenters. The molecule has 0 saturated heterocycles. The second-order valence-electron chi connectivity index (χ2n) is 0. The van der Waals surface area contributed by atoms with Crippen molar-refractivity contribution < 1.29 is 39.4 Å². The fourth-order valence-corrected chi connectivity index (χ4v) is 0. The second kappa shape index (κ2) is 20.2. The first-order chi connectivity index (χ1) is 0. The molecule has 0 fully saturated rings. The van der Waals surface area contributed by atoms with Crippen molar-refractivity contribution in [1.29, 1.82) is 0 Å². The molecule has 0 aromatic heterocycles. The van der Waals surface area contributed by atoms with E-state index < -0.39 is 0 Å². The number of rotatable bonds is 0. The van der Waals surface area contributed by atoms with Gasteiger partial charge in [0.2, 0.25) is 0 Å². The minimum absolute atomic E-state index is 0. The predicted molar refractivity (Wildman–Crippen MR) is 13.7 cm³/mol. The number of hydrogen-bond acceptors (Lipinski definition) is 0. The van der Waals surface area contributed by atoms with Crippen LogP contribution in [0.5, 0.6) is 0 Å². The van der Waals surface area contributed by atoms with Crippen LogP contribution in [0.2, 0.25) is 0 Å². The van der Waals surface area contributed by atoms with E-state index in [1.807, 2.05) is 0 Å². The van der Waals surface area contributed by atoms with Crippen molar-refractivity contribution in [3.63, 3.8) is 0 Å². The van der Waals surface area contributed by atoms with Gasteiger partial charge in [-0.3, -0.25) is 0 Å². The predicted octanol–water partition coefficient (Wildman–Crippen LogP) is -0.542. The fourth-order valence-electron chi connectivity index (χ4n) is 0. The first-order valence-electron chi connectivity index (χ1n) is 0. The summed E-state index contributed by atoms with van der Waals surface area (Å²) in [6, 6.07) is 0. The third-order valence-corrected chi connectivity index (χ3v) is 0. The molecular weight excluding hydrogens is 156 g/mol. The van der Waals surface area contributed by atoms with Gasteiger partial charge in [-0.2, -0.15) is 0 Å². The molecule has 0 aliphatic rings. The molecule has 0 bridgehead atoms. The zero-order valence-corrected chi connectivity index (χ0v) is 7.83. The molecule has 0 spiro atoms. The van der Waals surface area contributed by atoms with Crippen LogP contribution in [0.15, 0.2) is 0 Å². The van der Waals surface area contributed by atoms with E-state index in [9.17, 15) is 0 Å². The second-order valence-corrected chi connectivity index (χ2v) is 0. The van der Waals surface area contributed by atoms with Gasteiger partial charge in [0.1, 0.15) is 0 Å². The van der Waals surface area contributed by atoms with Gasteiger partial charge in [-0.05, 0) is 0 Å². The normalized spacial score (nSPS) is 0. The molecule has 0 aromatic rings. The topological polar surface area (TPSA) is 0 Å². The van der Waals surface area contributed by atoms with Gasteiger partial charge in [-0.15, -0.1) is 0 Å². The van der Waals surface area contributed by atoms with Crippen molar-refractivity contribution in [2.24, 2.45) is 0 Å². The van der Waals surface area contributed by atoms with Gasteiger partial charge in [0.15, 0.2) is 0 Å². The summed E-state index contributed by atoms with van der Waals surface area (Å²) in [7, 11) is 0.